The molecule has 1 atom stereocenters. The van der Waals surface area contributed by atoms with E-state index in [1.54, 1.807) is 37.6 Å². The normalized spacial score (nSPS) is 14.7. The Bertz CT molecular complexity index is 1460. The highest BCUT2D eigenvalue weighted by molar-refractivity contribution is 5.84. The van der Waals surface area contributed by atoms with E-state index >= 15 is 0 Å². The quantitative estimate of drug-likeness (QED) is 0.436. The van der Waals surface area contributed by atoms with Crippen LogP contribution in [0.4, 0.5) is 10.3 Å². The van der Waals surface area contributed by atoms with Crippen LogP contribution in [0.5, 0.6) is 5.75 Å². The monoisotopic (exact) mass is 477 g/mol. The Labute approximate surface area is 200 Å². The molecule has 0 bridgehead atoms. The smallest absolute Gasteiger partial charge is 0.310 e. The minimum absolute atomic E-state index is 0.138. The minimum Gasteiger partial charge on any atom is -0.481 e. The van der Waals surface area contributed by atoms with E-state index in [4.69, 9.17) is 9.84 Å². The van der Waals surface area contributed by atoms with Crippen LogP contribution < -0.4 is 15.2 Å². The summed E-state index contributed by atoms with van der Waals surface area (Å²) >= 11 is 0. The molecule has 10 heteroatoms. The number of para-hydroxylation sites is 1. The molecule has 35 heavy (non-hydrogen) atoms. The molecule has 180 valence electrons. The van der Waals surface area contributed by atoms with Crippen LogP contribution in [0, 0.1) is 5.92 Å². The average Bonchev–Trinajstić information content (AvgIpc) is 3.03. The van der Waals surface area contributed by atoms with Crippen molar-refractivity contribution in [1.82, 2.24) is 19.3 Å². The molecular weight excluding hydrogens is 453 g/mol. The number of carbonyl (C=O) groups is 1. The number of ether oxygens (including phenoxy) is 1. The van der Waals surface area contributed by atoms with Gasteiger partial charge in [-0.2, -0.15) is 0 Å². The minimum atomic E-state index is -1.46. The predicted molar refractivity (Wildman–Crippen MR) is 128 cm³/mol. The average molecular weight is 477 g/mol. The van der Waals surface area contributed by atoms with E-state index in [0.29, 0.717) is 42.2 Å². The molecule has 4 aromatic rings. The largest absolute Gasteiger partial charge is 0.481 e. The first-order valence-corrected chi connectivity index (χ1v) is 11.2. The molecule has 1 fully saturated rings. The molecule has 1 N–H and O–H groups in total. The number of carboxylic acid groups (broad SMARTS) is 1. The molecule has 1 unspecified atom stereocenters. The van der Waals surface area contributed by atoms with Gasteiger partial charge in [0.15, 0.2) is 0 Å². The highest BCUT2D eigenvalue weighted by Gasteiger charge is 2.34. The number of nitrogens with zero attached hydrogens (tertiary/aromatic N) is 5. The third-order valence-corrected chi connectivity index (χ3v) is 6.23. The van der Waals surface area contributed by atoms with Crippen molar-refractivity contribution >= 4 is 22.8 Å². The van der Waals surface area contributed by atoms with Crippen LogP contribution in [-0.4, -0.2) is 49.9 Å². The highest BCUT2D eigenvalue weighted by atomic mass is 19.1. The Balaban J connectivity index is 1.46. The molecule has 9 nitrogen and oxygen atoms in total. The van der Waals surface area contributed by atoms with E-state index in [9.17, 15) is 14.0 Å². The van der Waals surface area contributed by atoms with E-state index < -0.39 is 12.3 Å². The Hall–Kier alpha value is -4.21. The molecule has 3 heterocycles. The number of hydrogen-bond acceptors (Lipinski definition) is 6. The molecule has 0 saturated carbocycles. The fourth-order valence-electron chi connectivity index (χ4n) is 4.26. The van der Waals surface area contributed by atoms with E-state index in [-0.39, 0.29) is 11.5 Å². The first-order chi connectivity index (χ1) is 16.8. The molecule has 0 spiro atoms. The molecule has 2 aromatic heterocycles. The lowest BCUT2D eigenvalue weighted by Gasteiger charge is -2.36. The second kappa shape index (κ2) is 8.86. The molecule has 1 aliphatic heterocycles. The van der Waals surface area contributed by atoms with Gasteiger partial charge in [-0.25, -0.2) is 14.4 Å². The van der Waals surface area contributed by atoms with Gasteiger partial charge in [-0.3, -0.25) is 19.0 Å². The van der Waals surface area contributed by atoms with E-state index in [1.807, 2.05) is 33.8 Å². The lowest BCUT2D eigenvalue weighted by Crippen LogP contribution is -2.51. The van der Waals surface area contributed by atoms with Crippen molar-refractivity contribution in [1.29, 1.82) is 0 Å². The van der Waals surface area contributed by atoms with Crippen LogP contribution >= 0.6 is 0 Å². The van der Waals surface area contributed by atoms with Crippen LogP contribution in [-0.2, 0) is 18.4 Å². The Morgan fingerprint density at radius 3 is 2.57 bits per heavy atom. The summed E-state index contributed by atoms with van der Waals surface area (Å²) in [6, 6.07) is 12.7. The van der Waals surface area contributed by atoms with Crippen LogP contribution in [0.15, 0.2) is 59.7 Å². The van der Waals surface area contributed by atoms with Crippen LogP contribution in [0.2, 0.25) is 0 Å². The summed E-state index contributed by atoms with van der Waals surface area (Å²) in [5, 5.41) is 9.61. The molecule has 5 rings (SSSR count). The number of aromatic nitrogens is 4. The van der Waals surface area contributed by atoms with E-state index in [2.05, 4.69) is 9.97 Å². The molecule has 2 aromatic carbocycles. The molecule has 1 aliphatic rings. The van der Waals surface area contributed by atoms with Crippen LogP contribution in [0.25, 0.3) is 22.0 Å². The van der Waals surface area contributed by atoms with Crippen molar-refractivity contribution < 1.29 is 19.0 Å². The summed E-state index contributed by atoms with van der Waals surface area (Å²) in [7, 11) is 1.69. The Morgan fingerprint density at radius 2 is 1.89 bits per heavy atom. The third-order valence-electron chi connectivity index (χ3n) is 6.23. The zero-order chi connectivity index (χ0) is 24.7. The summed E-state index contributed by atoms with van der Waals surface area (Å²) in [4.78, 5) is 34.5. The zero-order valence-electron chi connectivity index (χ0n) is 19.3. The highest BCUT2D eigenvalue weighted by Crippen LogP contribution is 2.27. The fourth-order valence-corrected chi connectivity index (χ4v) is 4.26. The number of benzene rings is 2. The number of rotatable bonds is 7. The van der Waals surface area contributed by atoms with Gasteiger partial charge in [-0.15, -0.1) is 0 Å². The standard InChI is InChI=1S/C25H24FN5O4/c1-15(26)35-22-6-4-3-5-17(22)14-31-21-9-16(7-8-20(21)23(32)29(31)2)18-10-27-25(28-11-18)30-12-19(13-30)24(33)34/h3-11,15,19H,12-14H2,1-2H3,(H,33,34). The lowest BCUT2D eigenvalue weighted by atomic mass is 10.0. The van der Waals surface area contributed by atoms with Gasteiger partial charge >= 0.3 is 5.97 Å². The van der Waals surface area contributed by atoms with Crippen molar-refractivity contribution in [2.45, 2.75) is 19.8 Å². The predicted octanol–water partition coefficient (Wildman–Crippen LogP) is 3.06. The summed E-state index contributed by atoms with van der Waals surface area (Å²) < 4.78 is 22.2. The van der Waals surface area contributed by atoms with Crippen molar-refractivity contribution in [2.75, 3.05) is 18.0 Å². The summed E-state index contributed by atoms with van der Waals surface area (Å²) in [5.74, 6) is -0.289. The molecule has 0 radical (unpaired) electrons. The number of hydrogen-bond donors (Lipinski definition) is 1. The van der Waals surface area contributed by atoms with Gasteiger partial charge in [0, 0.05) is 50.6 Å². The van der Waals surface area contributed by atoms with Gasteiger partial charge in [0.2, 0.25) is 12.3 Å². The number of fused-ring (bicyclic) bond motifs is 1. The van der Waals surface area contributed by atoms with Gasteiger partial charge in [-0.1, -0.05) is 24.3 Å². The topological polar surface area (TPSA) is 102 Å². The van der Waals surface area contributed by atoms with Gasteiger partial charge in [0.1, 0.15) is 5.75 Å². The summed E-state index contributed by atoms with van der Waals surface area (Å²) in [6.07, 6.45) is 1.92. The number of carboxylic acids is 1. The maximum atomic E-state index is 13.5. The van der Waals surface area contributed by atoms with Crippen molar-refractivity contribution in [3.8, 4) is 16.9 Å². The van der Waals surface area contributed by atoms with Crippen molar-refractivity contribution in [3.05, 3.63) is 70.8 Å². The van der Waals surface area contributed by atoms with Gasteiger partial charge in [0.05, 0.1) is 23.4 Å². The first kappa shape index (κ1) is 22.6. The number of halogens is 1. The van der Waals surface area contributed by atoms with Gasteiger partial charge < -0.3 is 14.7 Å². The number of alkyl halides is 1. The van der Waals surface area contributed by atoms with Crippen LogP contribution in [0.1, 0.15) is 12.5 Å². The number of aliphatic carboxylic acids is 1. The van der Waals surface area contributed by atoms with Crippen molar-refractivity contribution in [2.24, 2.45) is 13.0 Å². The summed E-state index contributed by atoms with van der Waals surface area (Å²) in [5.41, 5.74) is 2.92. The number of anilines is 1. The van der Waals surface area contributed by atoms with Crippen LogP contribution in [0.3, 0.4) is 0 Å². The SMILES string of the molecule is CC(F)Oc1ccccc1Cn1c2cc(-c3cnc(N4CC(C(=O)O)C4)nc3)ccc2c(=O)n1C. The van der Waals surface area contributed by atoms with Gasteiger partial charge in [-0.05, 0) is 23.8 Å². The fraction of sp³-hybridized carbons (Fsp3) is 0.280. The molecular formula is C25H24FN5O4. The summed E-state index contributed by atoms with van der Waals surface area (Å²) in [6.45, 7) is 2.42. The second-order valence-corrected chi connectivity index (χ2v) is 8.60. The van der Waals surface area contributed by atoms with E-state index in [0.717, 1.165) is 16.7 Å². The second-order valence-electron chi connectivity index (χ2n) is 8.60. The zero-order valence-corrected chi connectivity index (χ0v) is 19.3. The molecule has 0 amide bonds. The first-order valence-electron chi connectivity index (χ1n) is 11.2. The molecule has 1 saturated heterocycles. The van der Waals surface area contributed by atoms with Crippen molar-refractivity contribution in [3.63, 3.8) is 0 Å². The molecule has 0 aliphatic carbocycles. The van der Waals surface area contributed by atoms with Gasteiger partial charge in [0.25, 0.3) is 5.56 Å². The Kier molecular flexibility index (Phi) is 5.72. The lowest BCUT2D eigenvalue weighted by molar-refractivity contribution is -0.142. The maximum Gasteiger partial charge on any atom is 0.310 e. The maximum absolute atomic E-state index is 13.5. The Morgan fingerprint density at radius 1 is 1.17 bits per heavy atom. The third kappa shape index (κ3) is 4.23. The van der Waals surface area contributed by atoms with E-state index in [1.165, 1.54) is 11.6 Å².